The van der Waals surface area contributed by atoms with Crippen LogP contribution in [0.5, 0.6) is 0 Å². The number of amides is 1. The Morgan fingerprint density at radius 2 is 2.15 bits per heavy atom. The number of hydrogen-bond donors (Lipinski definition) is 2. The fraction of sp³-hybridized carbons (Fsp3) is 0.500. The van der Waals surface area contributed by atoms with Crippen molar-refractivity contribution in [3.05, 3.63) is 24.3 Å². The predicted octanol–water partition coefficient (Wildman–Crippen LogP) is 0.435. The molecule has 1 unspecified atom stereocenters. The predicted molar refractivity (Wildman–Crippen MR) is 78.0 cm³/mol. The van der Waals surface area contributed by atoms with Gasteiger partial charge in [0, 0.05) is 20.2 Å². The molecular weight excluding hydrogens is 258 g/mol. The highest BCUT2D eigenvalue weighted by atomic mass is 16.5. The normalized spacial score (nSPS) is 16.8. The van der Waals surface area contributed by atoms with E-state index in [1.54, 1.807) is 0 Å². The highest BCUT2D eigenvalue weighted by Crippen LogP contribution is 2.26. The van der Waals surface area contributed by atoms with Crippen molar-refractivity contribution in [3.63, 3.8) is 0 Å². The lowest BCUT2D eigenvalue weighted by Gasteiger charge is -2.30. The van der Waals surface area contributed by atoms with E-state index in [0.717, 1.165) is 24.5 Å². The number of ether oxygens (including phenoxy) is 2. The molecule has 6 nitrogen and oxygen atoms in total. The van der Waals surface area contributed by atoms with Crippen LogP contribution in [0.4, 0.5) is 11.4 Å². The SMILES string of the molecule is COCC(N)C(=O)Nc1ccccc1N1CCOCC1. The highest BCUT2D eigenvalue weighted by Gasteiger charge is 2.18. The van der Waals surface area contributed by atoms with Crippen molar-refractivity contribution in [2.75, 3.05) is 50.2 Å². The van der Waals surface area contributed by atoms with E-state index < -0.39 is 6.04 Å². The molecule has 0 aliphatic carbocycles. The van der Waals surface area contributed by atoms with Crippen LogP contribution in [0.15, 0.2) is 24.3 Å². The van der Waals surface area contributed by atoms with E-state index in [-0.39, 0.29) is 12.5 Å². The van der Waals surface area contributed by atoms with Crippen molar-refractivity contribution in [2.24, 2.45) is 5.73 Å². The summed E-state index contributed by atoms with van der Waals surface area (Å²) in [7, 11) is 1.52. The van der Waals surface area contributed by atoms with Gasteiger partial charge in [-0.2, -0.15) is 0 Å². The zero-order valence-electron chi connectivity index (χ0n) is 11.7. The molecule has 0 aromatic heterocycles. The quantitative estimate of drug-likeness (QED) is 0.817. The average molecular weight is 279 g/mol. The molecule has 1 saturated heterocycles. The first-order valence-electron chi connectivity index (χ1n) is 6.69. The van der Waals surface area contributed by atoms with Gasteiger partial charge in [-0.05, 0) is 12.1 Å². The minimum absolute atomic E-state index is 0.200. The number of anilines is 2. The van der Waals surface area contributed by atoms with E-state index in [1.807, 2.05) is 24.3 Å². The number of hydrogen-bond acceptors (Lipinski definition) is 5. The van der Waals surface area contributed by atoms with Crippen LogP contribution in [0.3, 0.4) is 0 Å². The van der Waals surface area contributed by atoms with Crippen LogP contribution >= 0.6 is 0 Å². The second-order valence-corrected chi connectivity index (χ2v) is 4.67. The molecule has 3 N–H and O–H groups in total. The zero-order chi connectivity index (χ0) is 14.4. The molecule has 1 aromatic rings. The third kappa shape index (κ3) is 3.69. The number of morpholine rings is 1. The second-order valence-electron chi connectivity index (χ2n) is 4.67. The Bertz CT molecular complexity index is 447. The molecule has 0 bridgehead atoms. The first-order chi connectivity index (χ1) is 9.72. The summed E-state index contributed by atoms with van der Waals surface area (Å²) in [6.45, 7) is 3.23. The van der Waals surface area contributed by atoms with Gasteiger partial charge >= 0.3 is 0 Å². The number of methoxy groups -OCH3 is 1. The minimum Gasteiger partial charge on any atom is -0.383 e. The third-order valence-corrected chi connectivity index (χ3v) is 3.20. The van der Waals surface area contributed by atoms with Gasteiger partial charge in [-0.1, -0.05) is 12.1 Å². The topological polar surface area (TPSA) is 76.8 Å². The van der Waals surface area contributed by atoms with Gasteiger partial charge in [-0.3, -0.25) is 4.79 Å². The molecule has 6 heteroatoms. The maximum absolute atomic E-state index is 12.0. The number of rotatable bonds is 5. The molecule has 1 aliphatic rings. The number of carbonyl (C=O) groups excluding carboxylic acids is 1. The molecule has 0 saturated carbocycles. The minimum atomic E-state index is -0.669. The van der Waals surface area contributed by atoms with Gasteiger partial charge in [0.2, 0.25) is 5.91 Å². The number of carbonyl (C=O) groups is 1. The molecule has 0 spiro atoms. The molecule has 1 atom stereocenters. The van der Waals surface area contributed by atoms with E-state index in [4.69, 9.17) is 15.2 Å². The molecule has 2 rings (SSSR count). The summed E-state index contributed by atoms with van der Waals surface area (Å²) < 4.78 is 10.2. The molecule has 1 aromatic carbocycles. The molecular formula is C14H21N3O3. The van der Waals surface area contributed by atoms with E-state index in [9.17, 15) is 4.79 Å². The lowest BCUT2D eigenvalue weighted by atomic mass is 10.2. The van der Waals surface area contributed by atoms with Crippen LogP contribution in [0.1, 0.15) is 0 Å². The number of nitrogens with one attached hydrogen (secondary N) is 1. The van der Waals surface area contributed by atoms with Crippen LogP contribution in [0.2, 0.25) is 0 Å². The van der Waals surface area contributed by atoms with E-state index in [0.29, 0.717) is 13.2 Å². The van der Waals surface area contributed by atoms with E-state index in [1.165, 1.54) is 7.11 Å². The summed E-state index contributed by atoms with van der Waals surface area (Å²) in [5.74, 6) is -0.243. The fourth-order valence-corrected chi connectivity index (χ4v) is 2.14. The Hall–Kier alpha value is -1.63. The van der Waals surface area contributed by atoms with Gasteiger partial charge in [0.05, 0.1) is 31.2 Å². The van der Waals surface area contributed by atoms with Crippen molar-refractivity contribution in [3.8, 4) is 0 Å². The van der Waals surface area contributed by atoms with Crippen LogP contribution in [-0.4, -0.2) is 52.0 Å². The molecule has 110 valence electrons. The number of nitrogens with two attached hydrogens (primary N) is 1. The van der Waals surface area contributed by atoms with Gasteiger partial charge in [0.1, 0.15) is 6.04 Å². The van der Waals surface area contributed by atoms with E-state index in [2.05, 4.69) is 10.2 Å². The largest absolute Gasteiger partial charge is 0.383 e. The monoisotopic (exact) mass is 279 g/mol. The summed E-state index contributed by atoms with van der Waals surface area (Å²) in [5.41, 5.74) is 7.50. The number of para-hydroxylation sites is 2. The Morgan fingerprint density at radius 1 is 1.45 bits per heavy atom. The lowest BCUT2D eigenvalue weighted by Crippen LogP contribution is -2.40. The molecule has 20 heavy (non-hydrogen) atoms. The van der Waals surface area contributed by atoms with Crippen LogP contribution in [0, 0.1) is 0 Å². The van der Waals surface area contributed by atoms with Gasteiger partial charge in [0.15, 0.2) is 0 Å². The Balaban J connectivity index is 2.09. The first kappa shape index (κ1) is 14.8. The first-order valence-corrected chi connectivity index (χ1v) is 6.69. The third-order valence-electron chi connectivity index (χ3n) is 3.20. The summed E-state index contributed by atoms with van der Waals surface area (Å²) in [6.07, 6.45) is 0. The van der Waals surface area contributed by atoms with Crippen LogP contribution in [0.25, 0.3) is 0 Å². The van der Waals surface area contributed by atoms with Crippen molar-refractivity contribution >= 4 is 17.3 Å². The van der Waals surface area contributed by atoms with Crippen LogP contribution in [-0.2, 0) is 14.3 Å². The smallest absolute Gasteiger partial charge is 0.243 e. The van der Waals surface area contributed by atoms with Crippen molar-refractivity contribution in [2.45, 2.75) is 6.04 Å². The average Bonchev–Trinajstić information content (AvgIpc) is 2.49. The molecule has 1 heterocycles. The molecule has 0 radical (unpaired) electrons. The Kier molecular flexibility index (Phi) is 5.34. The molecule has 1 amide bonds. The lowest BCUT2D eigenvalue weighted by molar-refractivity contribution is -0.118. The van der Waals surface area contributed by atoms with Crippen LogP contribution < -0.4 is 16.0 Å². The van der Waals surface area contributed by atoms with Gasteiger partial charge < -0.3 is 25.4 Å². The highest BCUT2D eigenvalue weighted by molar-refractivity contribution is 5.97. The number of nitrogens with zero attached hydrogens (tertiary/aromatic N) is 1. The van der Waals surface area contributed by atoms with Gasteiger partial charge in [-0.15, -0.1) is 0 Å². The summed E-state index contributed by atoms with van der Waals surface area (Å²) >= 11 is 0. The zero-order valence-corrected chi connectivity index (χ0v) is 11.7. The fourth-order valence-electron chi connectivity index (χ4n) is 2.14. The Labute approximate surface area is 118 Å². The van der Waals surface area contributed by atoms with E-state index >= 15 is 0 Å². The maximum Gasteiger partial charge on any atom is 0.243 e. The van der Waals surface area contributed by atoms with Crippen molar-refractivity contribution < 1.29 is 14.3 Å². The standard InChI is InChI=1S/C14H21N3O3/c1-19-10-11(15)14(18)16-12-4-2-3-5-13(12)17-6-8-20-9-7-17/h2-5,11H,6-10,15H2,1H3,(H,16,18). The summed E-state index contributed by atoms with van der Waals surface area (Å²) in [4.78, 5) is 14.2. The Morgan fingerprint density at radius 3 is 2.85 bits per heavy atom. The molecule has 1 aliphatic heterocycles. The summed E-state index contributed by atoms with van der Waals surface area (Å²) in [6, 6.07) is 7.04. The maximum atomic E-state index is 12.0. The van der Waals surface area contributed by atoms with Crippen molar-refractivity contribution in [1.82, 2.24) is 0 Å². The molecule has 1 fully saturated rings. The summed E-state index contributed by atoms with van der Waals surface area (Å²) in [5, 5.41) is 2.87. The van der Waals surface area contributed by atoms with Gasteiger partial charge in [0.25, 0.3) is 0 Å². The number of benzene rings is 1. The second kappa shape index (κ2) is 7.23. The van der Waals surface area contributed by atoms with Gasteiger partial charge in [-0.25, -0.2) is 0 Å². The van der Waals surface area contributed by atoms with Crippen molar-refractivity contribution in [1.29, 1.82) is 0 Å².